The number of primary amides is 1. The molecule has 110 valence electrons. The predicted molar refractivity (Wildman–Crippen MR) is 79.7 cm³/mol. The third-order valence-corrected chi connectivity index (χ3v) is 5.50. The lowest BCUT2D eigenvalue weighted by Crippen LogP contribution is -2.30. The molecule has 0 radical (unpaired) electrons. The molecule has 21 heavy (non-hydrogen) atoms. The van der Waals surface area contributed by atoms with Gasteiger partial charge >= 0.3 is 0 Å². The van der Waals surface area contributed by atoms with Gasteiger partial charge in [-0.05, 0) is 18.2 Å². The van der Waals surface area contributed by atoms with Gasteiger partial charge in [0.2, 0.25) is 10.0 Å². The molecule has 3 rings (SSSR count). The Balaban J connectivity index is 2.31. The number of benzene rings is 1. The van der Waals surface area contributed by atoms with E-state index in [9.17, 15) is 13.2 Å². The van der Waals surface area contributed by atoms with E-state index in [2.05, 4.69) is 4.98 Å². The number of sulfonamides is 1. The van der Waals surface area contributed by atoms with Crippen LogP contribution in [0.15, 0.2) is 35.2 Å². The fourth-order valence-corrected chi connectivity index (χ4v) is 4.22. The summed E-state index contributed by atoms with van der Waals surface area (Å²) in [6, 6.07) is 4.74. The standard InChI is InChI=1S/C13H12ClN3O3S/c14-8-3-4-10-9(7-8)12(11(16-10)13(15)18)21(19,20)17-5-1-2-6-17/h1-4,7,16H,5-6H2,(H2,15,18). The first kappa shape index (κ1) is 14.1. The molecule has 0 atom stereocenters. The fourth-order valence-electron chi connectivity index (χ4n) is 2.36. The molecule has 1 aliphatic rings. The van der Waals surface area contributed by atoms with Crippen molar-refractivity contribution < 1.29 is 13.2 Å². The summed E-state index contributed by atoms with van der Waals surface area (Å²) in [6.45, 7) is 0.543. The Morgan fingerprint density at radius 2 is 1.95 bits per heavy atom. The number of hydrogen-bond donors (Lipinski definition) is 2. The van der Waals surface area contributed by atoms with Crippen molar-refractivity contribution in [1.82, 2.24) is 9.29 Å². The quantitative estimate of drug-likeness (QED) is 0.836. The third kappa shape index (κ3) is 2.23. The Labute approximate surface area is 126 Å². The van der Waals surface area contributed by atoms with Crippen LogP contribution in [0.2, 0.25) is 5.02 Å². The molecule has 1 aliphatic heterocycles. The maximum absolute atomic E-state index is 12.8. The van der Waals surface area contributed by atoms with Crippen molar-refractivity contribution in [3.05, 3.63) is 41.1 Å². The molecule has 0 spiro atoms. The Kier molecular flexibility index (Phi) is 3.27. The SMILES string of the molecule is NC(=O)c1[nH]c2ccc(Cl)cc2c1S(=O)(=O)N1CC=CC1. The first-order chi connectivity index (χ1) is 9.91. The molecular weight excluding hydrogens is 314 g/mol. The largest absolute Gasteiger partial charge is 0.364 e. The minimum Gasteiger partial charge on any atom is -0.364 e. The molecule has 0 fully saturated rings. The van der Waals surface area contributed by atoms with Gasteiger partial charge in [-0.25, -0.2) is 8.42 Å². The highest BCUT2D eigenvalue weighted by Crippen LogP contribution is 2.31. The second kappa shape index (κ2) is 4.87. The summed E-state index contributed by atoms with van der Waals surface area (Å²) < 4.78 is 26.8. The van der Waals surface area contributed by atoms with E-state index in [0.29, 0.717) is 15.9 Å². The topological polar surface area (TPSA) is 96.3 Å². The van der Waals surface area contributed by atoms with E-state index in [0.717, 1.165) is 0 Å². The van der Waals surface area contributed by atoms with Crippen LogP contribution in [-0.2, 0) is 10.0 Å². The minimum atomic E-state index is -3.83. The number of H-pyrrole nitrogens is 1. The van der Waals surface area contributed by atoms with Crippen LogP contribution in [0.1, 0.15) is 10.5 Å². The van der Waals surface area contributed by atoms with Gasteiger partial charge in [0.15, 0.2) is 0 Å². The first-order valence-corrected chi connectivity index (χ1v) is 7.99. The first-order valence-electron chi connectivity index (χ1n) is 6.17. The van der Waals surface area contributed by atoms with Crippen LogP contribution in [0.4, 0.5) is 0 Å². The molecule has 0 bridgehead atoms. The summed E-state index contributed by atoms with van der Waals surface area (Å²) in [4.78, 5) is 14.2. The molecule has 0 aliphatic carbocycles. The number of aromatic nitrogens is 1. The molecule has 2 heterocycles. The van der Waals surface area contributed by atoms with Crippen LogP contribution in [0.25, 0.3) is 10.9 Å². The van der Waals surface area contributed by atoms with Gasteiger partial charge in [-0.3, -0.25) is 4.79 Å². The highest BCUT2D eigenvalue weighted by molar-refractivity contribution is 7.89. The van der Waals surface area contributed by atoms with Gasteiger partial charge in [-0.15, -0.1) is 0 Å². The van der Waals surface area contributed by atoms with Crippen LogP contribution in [0.5, 0.6) is 0 Å². The van der Waals surface area contributed by atoms with E-state index in [1.165, 1.54) is 10.4 Å². The van der Waals surface area contributed by atoms with Crippen LogP contribution in [0, 0.1) is 0 Å². The van der Waals surface area contributed by atoms with Crippen LogP contribution in [0.3, 0.4) is 0 Å². The molecule has 1 aromatic carbocycles. The average Bonchev–Trinajstić information content (AvgIpc) is 3.05. The van der Waals surface area contributed by atoms with E-state index in [1.807, 2.05) is 0 Å². The van der Waals surface area contributed by atoms with Gasteiger partial charge in [0.05, 0.1) is 0 Å². The zero-order valence-corrected chi connectivity index (χ0v) is 12.4. The minimum absolute atomic E-state index is 0.115. The molecule has 0 unspecified atom stereocenters. The zero-order valence-electron chi connectivity index (χ0n) is 10.8. The van der Waals surface area contributed by atoms with Gasteiger partial charge in [0.1, 0.15) is 10.6 Å². The van der Waals surface area contributed by atoms with Crippen molar-refractivity contribution in [2.45, 2.75) is 4.90 Å². The molecule has 2 aromatic rings. The summed E-state index contributed by atoms with van der Waals surface area (Å²) in [6.07, 6.45) is 3.51. The van der Waals surface area contributed by atoms with Crippen LogP contribution in [-0.4, -0.2) is 36.7 Å². The molecule has 0 saturated carbocycles. The van der Waals surface area contributed by atoms with Gasteiger partial charge in [0, 0.05) is 29.0 Å². The molecule has 0 saturated heterocycles. The Morgan fingerprint density at radius 1 is 1.29 bits per heavy atom. The lowest BCUT2D eigenvalue weighted by Gasteiger charge is -2.15. The molecule has 3 N–H and O–H groups in total. The van der Waals surface area contributed by atoms with Crippen molar-refractivity contribution in [2.75, 3.05) is 13.1 Å². The number of nitrogens with one attached hydrogen (secondary N) is 1. The van der Waals surface area contributed by atoms with E-state index < -0.39 is 15.9 Å². The van der Waals surface area contributed by atoms with Crippen LogP contribution >= 0.6 is 11.6 Å². The highest BCUT2D eigenvalue weighted by Gasteiger charge is 2.32. The number of hydrogen-bond acceptors (Lipinski definition) is 3. The van der Waals surface area contributed by atoms with Crippen LogP contribution < -0.4 is 5.73 Å². The van der Waals surface area contributed by atoms with Crippen molar-refractivity contribution >= 4 is 38.4 Å². The normalized spacial score (nSPS) is 15.9. The molecule has 6 nitrogen and oxygen atoms in total. The molecule has 1 aromatic heterocycles. The van der Waals surface area contributed by atoms with Crippen molar-refractivity contribution in [1.29, 1.82) is 0 Å². The number of halogens is 1. The van der Waals surface area contributed by atoms with Gasteiger partial charge in [-0.2, -0.15) is 4.31 Å². The highest BCUT2D eigenvalue weighted by atomic mass is 35.5. The Morgan fingerprint density at radius 3 is 2.57 bits per heavy atom. The summed E-state index contributed by atoms with van der Waals surface area (Å²) in [7, 11) is -3.83. The number of fused-ring (bicyclic) bond motifs is 1. The number of carbonyl (C=O) groups excluding carboxylic acids is 1. The smallest absolute Gasteiger partial charge is 0.266 e. The molecule has 8 heteroatoms. The lowest BCUT2D eigenvalue weighted by molar-refractivity contribution is 0.0993. The maximum atomic E-state index is 12.8. The second-order valence-electron chi connectivity index (χ2n) is 4.68. The Bertz CT molecular complexity index is 862. The van der Waals surface area contributed by atoms with Gasteiger partial charge < -0.3 is 10.7 Å². The predicted octanol–water partition coefficient (Wildman–Crippen LogP) is 1.48. The van der Waals surface area contributed by atoms with E-state index in [4.69, 9.17) is 17.3 Å². The van der Waals surface area contributed by atoms with Gasteiger partial charge in [0.25, 0.3) is 5.91 Å². The number of carbonyl (C=O) groups is 1. The van der Waals surface area contributed by atoms with Crippen molar-refractivity contribution in [3.63, 3.8) is 0 Å². The van der Waals surface area contributed by atoms with E-state index >= 15 is 0 Å². The second-order valence-corrected chi connectivity index (χ2v) is 6.99. The maximum Gasteiger partial charge on any atom is 0.266 e. The Hall–Kier alpha value is -1.83. The van der Waals surface area contributed by atoms with E-state index in [-0.39, 0.29) is 23.7 Å². The van der Waals surface area contributed by atoms with E-state index in [1.54, 1.807) is 24.3 Å². The van der Waals surface area contributed by atoms with Crippen molar-refractivity contribution in [3.8, 4) is 0 Å². The van der Waals surface area contributed by atoms with Crippen molar-refractivity contribution in [2.24, 2.45) is 5.73 Å². The summed E-state index contributed by atoms with van der Waals surface area (Å²) in [5, 5.41) is 0.747. The molecular formula is C13H12ClN3O3S. The number of amides is 1. The molecule has 1 amide bonds. The number of aromatic amines is 1. The summed E-state index contributed by atoms with van der Waals surface area (Å²) in [5.74, 6) is -0.826. The monoisotopic (exact) mass is 325 g/mol. The lowest BCUT2D eigenvalue weighted by atomic mass is 10.2. The number of rotatable bonds is 3. The van der Waals surface area contributed by atoms with Gasteiger partial charge in [-0.1, -0.05) is 23.8 Å². The zero-order chi connectivity index (χ0) is 15.2. The number of nitrogens with two attached hydrogens (primary N) is 1. The fraction of sp³-hybridized carbons (Fsp3) is 0.154. The average molecular weight is 326 g/mol. The third-order valence-electron chi connectivity index (χ3n) is 3.34. The number of nitrogens with zero attached hydrogens (tertiary/aromatic N) is 1. The summed E-state index contributed by atoms with van der Waals surface area (Å²) in [5.41, 5.74) is 5.68. The summed E-state index contributed by atoms with van der Waals surface area (Å²) >= 11 is 5.94.